The molecule has 0 saturated heterocycles. The fraction of sp³-hybridized carbons (Fsp3) is 0.818. The van der Waals surface area contributed by atoms with E-state index in [1.165, 1.54) is 0 Å². The Balaban J connectivity index is 3.33. The Kier molecular flexibility index (Phi) is 9.95. The molecule has 0 heterocycles. The van der Waals surface area contributed by atoms with E-state index in [1.807, 2.05) is 0 Å². The summed E-state index contributed by atoms with van der Waals surface area (Å²) in [6.07, 6.45) is 5.00. The Morgan fingerprint density at radius 3 is 2.88 bits per heavy atom. The smallest absolute Gasteiger partial charge is 0.320 e. The third-order valence-electron chi connectivity index (χ3n) is 2.36. The van der Waals surface area contributed by atoms with E-state index >= 15 is 0 Å². The lowest BCUT2D eigenvalue weighted by atomic mass is 10.1. The third-order valence-corrected chi connectivity index (χ3v) is 3.33. The number of aliphatic carboxylic acids is 1. The van der Waals surface area contributed by atoms with Gasteiger partial charge in [0.2, 0.25) is 0 Å². The standard InChI is InChI=1S/C11H23N3O2S/c1-3-9(2)17-14-8-13-7-5-4-6-10(12)11(15)16/h8-10H,3-7,12H2,1-2H3,(H,13,14)(H,15,16)/t9?,10-/m1/s1. The van der Waals surface area contributed by atoms with Crippen molar-refractivity contribution in [1.82, 2.24) is 4.72 Å². The van der Waals surface area contributed by atoms with Crippen molar-refractivity contribution >= 4 is 24.3 Å². The highest BCUT2D eigenvalue weighted by Gasteiger charge is 2.09. The Morgan fingerprint density at radius 1 is 1.59 bits per heavy atom. The molecule has 0 aliphatic carbocycles. The lowest BCUT2D eigenvalue weighted by Crippen LogP contribution is -2.29. The van der Waals surface area contributed by atoms with Crippen LogP contribution in [0.2, 0.25) is 0 Å². The number of hydrogen-bond acceptors (Lipinski definition) is 4. The van der Waals surface area contributed by atoms with Crippen molar-refractivity contribution in [1.29, 1.82) is 0 Å². The molecule has 0 spiro atoms. The van der Waals surface area contributed by atoms with Crippen LogP contribution in [0.15, 0.2) is 4.99 Å². The van der Waals surface area contributed by atoms with Crippen LogP contribution in [0.5, 0.6) is 0 Å². The lowest BCUT2D eigenvalue weighted by Gasteiger charge is -2.06. The van der Waals surface area contributed by atoms with E-state index in [2.05, 4.69) is 23.6 Å². The summed E-state index contributed by atoms with van der Waals surface area (Å²) < 4.78 is 3.06. The summed E-state index contributed by atoms with van der Waals surface area (Å²) >= 11 is 1.65. The monoisotopic (exact) mass is 261 g/mol. The maximum atomic E-state index is 10.4. The van der Waals surface area contributed by atoms with Crippen molar-refractivity contribution < 1.29 is 9.90 Å². The number of aliphatic imine (C=N–C) groups is 1. The third kappa shape index (κ3) is 10.1. The van der Waals surface area contributed by atoms with E-state index in [1.54, 1.807) is 18.3 Å². The summed E-state index contributed by atoms with van der Waals surface area (Å²) in [5, 5.41) is 9.14. The molecular formula is C11H23N3O2S. The van der Waals surface area contributed by atoms with Crippen molar-refractivity contribution in [3.63, 3.8) is 0 Å². The fourth-order valence-electron chi connectivity index (χ4n) is 1.02. The molecule has 0 aromatic carbocycles. The van der Waals surface area contributed by atoms with Crippen LogP contribution in [0.3, 0.4) is 0 Å². The van der Waals surface area contributed by atoms with E-state index in [9.17, 15) is 4.79 Å². The van der Waals surface area contributed by atoms with Crippen LogP contribution < -0.4 is 10.5 Å². The Bertz CT molecular complexity index is 237. The minimum absolute atomic E-state index is 0.514. The van der Waals surface area contributed by atoms with Gasteiger partial charge in [0, 0.05) is 11.8 Å². The largest absolute Gasteiger partial charge is 0.480 e. The molecule has 100 valence electrons. The Labute approximate surface area is 107 Å². The summed E-state index contributed by atoms with van der Waals surface area (Å²) in [5.74, 6) is -0.930. The number of rotatable bonds is 10. The predicted octanol–water partition coefficient (Wildman–Crippen LogP) is 1.63. The van der Waals surface area contributed by atoms with Gasteiger partial charge in [0.1, 0.15) is 6.04 Å². The van der Waals surface area contributed by atoms with Crippen molar-refractivity contribution in [2.75, 3.05) is 6.54 Å². The average Bonchev–Trinajstić information content (AvgIpc) is 2.31. The molecular weight excluding hydrogens is 238 g/mol. The maximum absolute atomic E-state index is 10.4. The van der Waals surface area contributed by atoms with Gasteiger partial charge in [-0.1, -0.05) is 13.8 Å². The van der Waals surface area contributed by atoms with Gasteiger partial charge < -0.3 is 15.6 Å². The molecule has 0 radical (unpaired) electrons. The molecule has 0 aliphatic heterocycles. The summed E-state index contributed by atoms with van der Waals surface area (Å²) in [6, 6.07) is -0.738. The Morgan fingerprint density at radius 2 is 2.29 bits per heavy atom. The van der Waals surface area contributed by atoms with Gasteiger partial charge in [-0.2, -0.15) is 0 Å². The van der Waals surface area contributed by atoms with Gasteiger partial charge in [-0.15, -0.1) is 0 Å². The summed E-state index contributed by atoms with van der Waals surface area (Å²) in [7, 11) is 0. The molecule has 0 aromatic heterocycles. The summed E-state index contributed by atoms with van der Waals surface area (Å²) in [5.41, 5.74) is 5.37. The zero-order chi connectivity index (χ0) is 13.1. The first-order chi connectivity index (χ1) is 8.07. The van der Waals surface area contributed by atoms with Gasteiger partial charge in [0.15, 0.2) is 0 Å². The average molecular weight is 261 g/mol. The van der Waals surface area contributed by atoms with Crippen LogP contribution in [-0.2, 0) is 4.79 Å². The predicted molar refractivity (Wildman–Crippen MR) is 73.3 cm³/mol. The van der Waals surface area contributed by atoms with Gasteiger partial charge in [0.25, 0.3) is 0 Å². The number of carboxylic acid groups (broad SMARTS) is 1. The first-order valence-corrected chi connectivity index (χ1v) is 6.83. The van der Waals surface area contributed by atoms with Crippen LogP contribution >= 0.6 is 11.9 Å². The van der Waals surface area contributed by atoms with E-state index in [0.29, 0.717) is 18.2 Å². The van der Waals surface area contributed by atoms with Gasteiger partial charge >= 0.3 is 5.97 Å². The van der Waals surface area contributed by atoms with Gasteiger partial charge in [-0.3, -0.25) is 9.79 Å². The van der Waals surface area contributed by atoms with Crippen LogP contribution in [-0.4, -0.2) is 35.3 Å². The molecule has 6 heteroatoms. The highest BCUT2D eigenvalue weighted by Crippen LogP contribution is 2.07. The van der Waals surface area contributed by atoms with Gasteiger partial charge in [-0.05, 0) is 37.6 Å². The number of nitrogens with two attached hydrogens (primary N) is 1. The summed E-state index contributed by atoms with van der Waals surface area (Å²) in [4.78, 5) is 14.6. The van der Waals surface area contributed by atoms with Gasteiger partial charge in [0.05, 0.1) is 6.34 Å². The first-order valence-electron chi connectivity index (χ1n) is 5.95. The van der Waals surface area contributed by atoms with E-state index < -0.39 is 12.0 Å². The molecule has 4 N–H and O–H groups in total. The molecule has 0 rings (SSSR count). The molecule has 0 aromatic rings. The Hall–Kier alpha value is -0.750. The molecule has 0 bridgehead atoms. The lowest BCUT2D eigenvalue weighted by molar-refractivity contribution is -0.138. The quantitative estimate of drug-likeness (QED) is 0.241. The van der Waals surface area contributed by atoms with E-state index in [-0.39, 0.29) is 0 Å². The number of carbonyl (C=O) groups is 1. The number of hydrogen-bond donors (Lipinski definition) is 3. The molecule has 0 aliphatic rings. The highest BCUT2D eigenvalue weighted by atomic mass is 32.2. The number of unbranched alkanes of at least 4 members (excludes halogenated alkanes) is 1. The van der Waals surface area contributed by atoms with Crippen LogP contribution in [0, 0.1) is 0 Å². The van der Waals surface area contributed by atoms with Crippen molar-refractivity contribution in [2.24, 2.45) is 10.7 Å². The second-order valence-electron chi connectivity index (χ2n) is 3.93. The fourth-order valence-corrected chi connectivity index (χ4v) is 1.56. The maximum Gasteiger partial charge on any atom is 0.320 e. The van der Waals surface area contributed by atoms with Gasteiger partial charge in [-0.25, -0.2) is 0 Å². The number of nitrogens with zero attached hydrogens (tertiary/aromatic N) is 1. The van der Waals surface area contributed by atoms with Crippen LogP contribution in [0.4, 0.5) is 0 Å². The van der Waals surface area contributed by atoms with Crippen molar-refractivity contribution in [2.45, 2.75) is 50.8 Å². The normalized spacial score (nSPS) is 14.8. The SMILES string of the molecule is CCC(C)SNC=NCCCC[C@@H](N)C(=O)O. The summed E-state index contributed by atoms with van der Waals surface area (Å²) in [6.45, 7) is 5.00. The minimum atomic E-state index is -0.930. The number of nitrogens with one attached hydrogen (secondary N) is 1. The molecule has 5 nitrogen and oxygen atoms in total. The highest BCUT2D eigenvalue weighted by molar-refractivity contribution is 7.98. The zero-order valence-corrected chi connectivity index (χ0v) is 11.4. The van der Waals surface area contributed by atoms with Crippen LogP contribution in [0.25, 0.3) is 0 Å². The molecule has 0 fully saturated rings. The molecule has 0 amide bonds. The minimum Gasteiger partial charge on any atom is -0.480 e. The molecule has 2 atom stereocenters. The second kappa shape index (κ2) is 10.4. The number of carboxylic acids is 1. The topological polar surface area (TPSA) is 87.7 Å². The van der Waals surface area contributed by atoms with Crippen molar-refractivity contribution in [3.05, 3.63) is 0 Å². The van der Waals surface area contributed by atoms with Crippen molar-refractivity contribution in [3.8, 4) is 0 Å². The first kappa shape index (κ1) is 16.2. The van der Waals surface area contributed by atoms with E-state index in [4.69, 9.17) is 10.8 Å². The molecule has 1 unspecified atom stereocenters. The molecule has 0 saturated carbocycles. The van der Waals surface area contributed by atoms with E-state index in [0.717, 1.165) is 19.3 Å². The molecule has 17 heavy (non-hydrogen) atoms. The second-order valence-corrected chi connectivity index (χ2v) is 5.21. The zero-order valence-electron chi connectivity index (χ0n) is 10.6. The van der Waals surface area contributed by atoms with Crippen LogP contribution in [0.1, 0.15) is 39.5 Å².